The maximum Gasteiger partial charge on any atom is 0.220 e. The van der Waals surface area contributed by atoms with Crippen LogP contribution in [0.15, 0.2) is 48.5 Å². The van der Waals surface area contributed by atoms with Gasteiger partial charge in [-0.3, -0.25) is 4.79 Å². The van der Waals surface area contributed by atoms with Crippen molar-refractivity contribution in [3.8, 4) is 11.5 Å². The van der Waals surface area contributed by atoms with E-state index in [4.69, 9.17) is 9.47 Å². The van der Waals surface area contributed by atoms with Crippen molar-refractivity contribution in [2.24, 2.45) is 0 Å². The Morgan fingerprint density at radius 3 is 2.77 bits per heavy atom. The summed E-state index contributed by atoms with van der Waals surface area (Å²) < 4.78 is 10.7. The highest BCUT2D eigenvalue weighted by molar-refractivity contribution is 5.77. The number of hydrogen-bond donors (Lipinski definition) is 1. The fraction of sp³-hybridized carbons (Fsp3) is 0.278. The zero-order chi connectivity index (χ0) is 15.4. The van der Waals surface area contributed by atoms with Gasteiger partial charge in [-0.1, -0.05) is 30.3 Å². The third-order valence-electron chi connectivity index (χ3n) is 3.83. The van der Waals surface area contributed by atoms with Crippen molar-refractivity contribution in [3.63, 3.8) is 0 Å². The molecule has 0 spiro atoms. The highest BCUT2D eigenvalue weighted by Crippen LogP contribution is 2.31. The van der Waals surface area contributed by atoms with Gasteiger partial charge in [0.2, 0.25) is 5.91 Å². The van der Waals surface area contributed by atoms with Crippen LogP contribution in [0.5, 0.6) is 11.5 Å². The van der Waals surface area contributed by atoms with E-state index in [1.54, 1.807) is 7.11 Å². The number of fused-ring (bicyclic) bond motifs is 1. The van der Waals surface area contributed by atoms with E-state index in [-0.39, 0.29) is 11.9 Å². The van der Waals surface area contributed by atoms with Gasteiger partial charge in [-0.2, -0.15) is 0 Å². The predicted molar refractivity (Wildman–Crippen MR) is 84.1 cm³/mol. The van der Waals surface area contributed by atoms with E-state index < -0.39 is 0 Å². The number of carbonyl (C=O) groups excluding carboxylic acids is 1. The van der Waals surface area contributed by atoms with Gasteiger partial charge in [0, 0.05) is 12.0 Å². The van der Waals surface area contributed by atoms with Crippen LogP contribution in [0.4, 0.5) is 0 Å². The molecule has 0 fully saturated rings. The molecule has 4 nitrogen and oxygen atoms in total. The summed E-state index contributed by atoms with van der Waals surface area (Å²) in [5, 5.41) is 3.04. The minimum Gasteiger partial charge on any atom is -0.497 e. The molecule has 0 aliphatic carbocycles. The third-order valence-corrected chi connectivity index (χ3v) is 3.83. The molecule has 1 amide bonds. The van der Waals surface area contributed by atoms with E-state index in [9.17, 15) is 4.79 Å². The van der Waals surface area contributed by atoms with E-state index in [2.05, 4.69) is 5.32 Å². The van der Waals surface area contributed by atoms with Gasteiger partial charge in [-0.25, -0.2) is 0 Å². The molecule has 2 aromatic rings. The molecule has 2 aromatic carbocycles. The number of nitrogens with one attached hydrogen (secondary N) is 1. The average Bonchev–Trinajstić information content (AvgIpc) is 2.97. The van der Waals surface area contributed by atoms with Gasteiger partial charge in [0.25, 0.3) is 0 Å². The Bertz CT molecular complexity index is 652. The molecule has 1 heterocycles. The van der Waals surface area contributed by atoms with Crippen LogP contribution in [0.25, 0.3) is 0 Å². The largest absolute Gasteiger partial charge is 0.497 e. The Morgan fingerprint density at radius 1 is 1.23 bits per heavy atom. The summed E-state index contributed by atoms with van der Waals surface area (Å²) in [7, 11) is 1.64. The van der Waals surface area contributed by atoms with Gasteiger partial charge in [-0.05, 0) is 30.2 Å². The van der Waals surface area contributed by atoms with Crippen molar-refractivity contribution in [2.45, 2.75) is 18.9 Å². The number of rotatable bonds is 5. The normalized spacial score (nSPS) is 15.8. The van der Waals surface area contributed by atoms with Crippen LogP contribution in [-0.4, -0.2) is 19.6 Å². The first-order valence-corrected chi connectivity index (χ1v) is 7.40. The van der Waals surface area contributed by atoms with E-state index in [0.29, 0.717) is 19.4 Å². The molecular weight excluding hydrogens is 278 g/mol. The van der Waals surface area contributed by atoms with Crippen LogP contribution in [-0.2, 0) is 11.2 Å². The van der Waals surface area contributed by atoms with Crippen LogP contribution in [0.3, 0.4) is 0 Å². The first kappa shape index (κ1) is 14.4. The van der Waals surface area contributed by atoms with Crippen LogP contribution in [0.1, 0.15) is 23.6 Å². The number of ether oxygens (including phenoxy) is 2. The van der Waals surface area contributed by atoms with E-state index in [0.717, 1.165) is 22.6 Å². The third kappa shape index (κ3) is 3.22. The van der Waals surface area contributed by atoms with E-state index in [1.807, 2.05) is 48.5 Å². The highest BCUT2D eigenvalue weighted by atomic mass is 16.5. The fourth-order valence-corrected chi connectivity index (χ4v) is 2.60. The summed E-state index contributed by atoms with van der Waals surface area (Å²) in [5.41, 5.74) is 2.18. The maximum atomic E-state index is 12.1. The number of aryl methyl sites for hydroxylation is 1. The Hall–Kier alpha value is -2.49. The second kappa shape index (κ2) is 6.52. The molecule has 0 saturated heterocycles. The van der Waals surface area contributed by atoms with Crippen molar-refractivity contribution in [3.05, 3.63) is 59.7 Å². The molecule has 0 aromatic heterocycles. The Labute approximate surface area is 130 Å². The summed E-state index contributed by atoms with van der Waals surface area (Å²) in [4.78, 5) is 12.1. The zero-order valence-corrected chi connectivity index (χ0v) is 12.5. The van der Waals surface area contributed by atoms with Gasteiger partial charge in [0.15, 0.2) is 0 Å². The smallest absolute Gasteiger partial charge is 0.220 e. The molecule has 1 N–H and O–H groups in total. The summed E-state index contributed by atoms with van der Waals surface area (Å²) in [6.45, 7) is 0.508. The Balaban J connectivity index is 1.53. The lowest BCUT2D eigenvalue weighted by molar-refractivity contribution is -0.121. The van der Waals surface area contributed by atoms with Gasteiger partial charge in [-0.15, -0.1) is 0 Å². The van der Waals surface area contributed by atoms with Gasteiger partial charge >= 0.3 is 0 Å². The number of para-hydroxylation sites is 1. The standard InChI is InChI=1S/C18H19NO3/c1-21-14-9-6-13(7-10-14)8-11-18(20)19-16-12-22-17-5-3-2-4-15(16)17/h2-7,9-10,16H,8,11-12H2,1H3,(H,19,20). The molecule has 3 rings (SSSR count). The predicted octanol–water partition coefficient (Wildman–Crippen LogP) is 2.88. The summed E-state index contributed by atoms with van der Waals surface area (Å²) in [5.74, 6) is 1.73. The van der Waals surface area contributed by atoms with Crippen molar-refractivity contribution in [1.82, 2.24) is 5.32 Å². The number of hydrogen-bond acceptors (Lipinski definition) is 3. The second-order valence-electron chi connectivity index (χ2n) is 5.32. The molecular formula is C18H19NO3. The number of methoxy groups -OCH3 is 1. The van der Waals surface area contributed by atoms with Crippen LogP contribution >= 0.6 is 0 Å². The Morgan fingerprint density at radius 2 is 2.00 bits per heavy atom. The molecule has 4 heteroatoms. The van der Waals surface area contributed by atoms with Crippen LogP contribution in [0, 0.1) is 0 Å². The van der Waals surface area contributed by atoms with Gasteiger partial charge in [0.1, 0.15) is 18.1 Å². The second-order valence-corrected chi connectivity index (χ2v) is 5.32. The van der Waals surface area contributed by atoms with Crippen molar-refractivity contribution in [1.29, 1.82) is 0 Å². The number of carbonyl (C=O) groups is 1. The number of benzene rings is 2. The monoisotopic (exact) mass is 297 g/mol. The average molecular weight is 297 g/mol. The molecule has 1 aliphatic heterocycles. The molecule has 1 unspecified atom stereocenters. The Kier molecular flexibility index (Phi) is 4.28. The lowest BCUT2D eigenvalue weighted by Gasteiger charge is -2.11. The quantitative estimate of drug-likeness (QED) is 0.923. The van der Waals surface area contributed by atoms with E-state index >= 15 is 0 Å². The fourth-order valence-electron chi connectivity index (χ4n) is 2.60. The van der Waals surface area contributed by atoms with Crippen LogP contribution in [0.2, 0.25) is 0 Å². The molecule has 1 aliphatic rings. The van der Waals surface area contributed by atoms with Crippen molar-refractivity contribution in [2.75, 3.05) is 13.7 Å². The molecule has 0 bridgehead atoms. The maximum absolute atomic E-state index is 12.1. The molecule has 22 heavy (non-hydrogen) atoms. The minimum atomic E-state index is -0.0421. The van der Waals surface area contributed by atoms with E-state index in [1.165, 1.54) is 0 Å². The lowest BCUT2D eigenvalue weighted by Crippen LogP contribution is -2.29. The lowest BCUT2D eigenvalue weighted by atomic mass is 10.1. The molecule has 0 saturated carbocycles. The summed E-state index contributed by atoms with van der Waals surface area (Å²) in [6, 6.07) is 15.6. The first-order valence-electron chi connectivity index (χ1n) is 7.40. The topological polar surface area (TPSA) is 47.6 Å². The molecule has 1 atom stereocenters. The van der Waals surface area contributed by atoms with Crippen molar-refractivity contribution >= 4 is 5.91 Å². The molecule has 0 radical (unpaired) electrons. The summed E-state index contributed by atoms with van der Waals surface area (Å²) in [6.07, 6.45) is 1.18. The SMILES string of the molecule is COc1ccc(CCC(=O)NC2COc3ccccc32)cc1. The highest BCUT2D eigenvalue weighted by Gasteiger charge is 2.24. The van der Waals surface area contributed by atoms with Crippen molar-refractivity contribution < 1.29 is 14.3 Å². The van der Waals surface area contributed by atoms with Gasteiger partial charge in [0.05, 0.1) is 13.2 Å². The summed E-state index contributed by atoms with van der Waals surface area (Å²) >= 11 is 0. The van der Waals surface area contributed by atoms with Crippen LogP contribution < -0.4 is 14.8 Å². The first-order chi connectivity index (χ1) is 10.8. The van der Waals surface area contributed by atoms with Gasteiger partial charge < -0.3 is 14.8 Å². The molecule has 114 valence electrons. The zero-order valence-electron chi connectivity index (χ0n) is 12.5. The number of amides is 1. The minimum absolute atomic E-state index is 0.0421.